The number of rotatable bonds is 4. The number of ether oxygens (including phenoxy) is 1. The van der Waals surface area contributed by atoms with Crippen molar-refractivity contribution in [1.82, 2.24) is 10.2 Å². The molecule has 1 aromatic carbocycles. The molecule has 2 rings (SSSR count). The third-order valence-electron chi connectivity index (χ3n) is 1.94. The van der Waals surface area contributed by atoms with Crippen LogP contribution >= 0.6 is 23.1 Å². The van der Waals surface area contributed by atoms with Gasteiger partial charge in [-0.05, 0) is 35.3 Å². The lowest BCUT2D eigenvalue weighted by molar-refractivity contribution is 0.302. The van der Waals surface area contributed by atoms with E-state index in [1.165, 1.54) is 16.2 Å². The minimum absolute atomic E-state index is 0.424. The maximum absolute atomic E-state index is 5.45. The quantitative estimate of drug-likeness (QED) is 0.848. The molecule has 0 saturated heterocycles. The van der Waals surface area contributed by atoms with Gasteiger partial charge in [0.15, 0.2) is 0 Å². The molecule has 6 heteroatoms. The van der Waals surface area contributed by atoms with Crippen molar-refractivity contribution in [1.29, 1.82) is 0 Å². The zero-order valence-electron chi connectivity index (χ0n) is 8.71. The predicted octanol–water partition coefficient (Wildman–Crippen LogP) is 2.42. The topological polar surface area (TPSA) is 61.0 Å². The number of benzene rings is 1. The van der Waals surface area contributed by atoms with E-state index in [4.69, 9.17) is 10.5 Å². The van der Waals surface area contributed by atoms with E-state index in [0.29, 0.717) is 16.9 Å². The Hall–Kier alpha value is -1.27. The van der Waals surface area contributed by atoms with Gasteiger partial charge in [0, 0.05) is 4.90 Å². The summed E-state index contributed by atoms with van der Waals surface area (Å²) in [5, 5.41) is 8.39. The average molecular weight is 253 g/mol. The molecule has 1 aromatic heterocycles. The molecule has 0 fully saturated rings. The summed E-state index contributed by atoms with van der Waals surface area (Å²) >= 11 is 2.96. The van der Waals surface area contributed by atoms with Gasteiger partial charge in [0.2, 0.25) is 5.13 Å². The SMILES string of the molecule is CSc1ccc(COc2nnc(N)s2)cc1. The molecule has 4 nitrogen and oxygen atoms in total. The Morgan fingerprint density at radius 1 is 1.31 bits per heavy atom. The van der Waals surface area contributed by atoms with E-state index in [1.807, 2.05) is 12.1 Å². The Morgan fingerprint density at radius 3 is 2.62 bits per heavy atom. The number of nitrogens with zero attached hydrogens (tertiary/aromatic N) is 2. The number of nitrogens with two attached hydrogens (primary N) is 1. The van der Waals surface area contributed by atoms with E-state index in [9.17, 15) is 0 Å². The highest BCUT2D eigenvalue weighted by Gasteiger charge is 2.02. The Kier molecular flexibility index (Phi) is 3.63. The summed E-state index contributed by atoms with van der Waals surface area (Å²) in [6.45, 7) is 0.489. The third kappa shape index (κ3) is 2.86. The van der Waals surface area contributed by atoms with Gasteiger partial charge in [-0.15, -0.1) is 16.9 Å². The molecule has 2 N–H and O–H groups in total. The molecule has 0 spiro atoms. The molecule has 0 aliphatic carbocycles. The molecule has 0 saturated carbocycles. The first-order valence-electron chi connectivity index (χ1n) is 4.62. The molecule has 0 aliphatic heterocycles. The summed E-state index contributed by atoms with van der Waals surface area (Å²) in [5.41, 5.74) is 6.55. The van der Waals surface area contributed by atoms with Gasteiger partial charge in [0.1, 0.15) is 6.61 Å². The van der Waals surface area contributed by atoms with Crippen LogP contribution in [0, 0.1) is 0 Å². The monoisotopic (exact) mass is 253 g/mol. The summed E-state index contributed by atoms with van der Waals surface area (Å²) < 4.78 is 5.44. The zero-order chi connectivity index (χ0) is 11.4. The van der Waals surface area contributed by atoms with Crippen molar-refractivity contribution in [2.45, 2.75) is 11.5 Å². The lowest BCUT2D eigenvalue weighted by atomic mass is 10.2. The molecule has 0 unspecified atom stereocenters. The van der Waals surface area contributed by atoms with E-state index >= 15 is 0 Å². The Labute approximate surface area is 102 Å². The molecule has 0 aliphatic rings. The summed E-state index contributed by atoms with van der Waals surface area (Å²) in [7, 11) is 0. The van der Waals surface area contributed by atoms with E-state index in [1.54, 1.807) is 11.8 Å². The fourth-order valence-electron chi connectivity index (χ4n) is 1.15. The summed E-state index contributed by atoms with van der Waals surface area (Å²) in [6, 6.07) is 8.21. The van der Waals surface area contributed by atoms with E-state index in [0.717, 1.165) is 5.56 Å². The van der Waals surface area contributed by atoms with Crippen LogP contribution in [0.2, 0.25) is 0 Å². The maximum Gasteiger partial charge on any atom is 0.296 e. The van der Waals surface area contributed by atoms with Crippen molar-refractivity contribution in [3.63, 3.8) is 0 Å². The van der Waals surface area contributed by atoms with Crippen LogP contribution in [0.15, 0.2) is 29.2 Å². The highest BCUT2D eigenvalue weighted by molar-refractivity contribution is 7.98. The number of anilines is 1. The molecule has 0 bridgehead atoms. The molecule has 16 heavy (non-hydrogen) atoms. The van der Waals surface area contributed by atoms with Crippen LogP contribution < -0.4 is 10.5 Å². The number of aromatic nitrogens is 2. The number of hydrogen-bond acceptors (Lipinski definition) is 6. The van der Waals surface area contributed by atoms with E-state index in [-0.39, 0.29) is 0 Å². The van der Waals surface area contributed by atoms with Crippen molar-refractivity contribution < 1.29 is 4.74 Å². The standard InChI is InChI=1S/C10H11N3OS2/c1-15-8-4-2-7(3-5-8)6-14-10-13-12-9(11)16-10/h2-5H,6H2,1H3,(H2,11,12). The van der Waals surface area contributed by atoms with Crippen molar-refractivity contribution in [3.8, 4) is 5.19 Å². The first-order chi connectivity index (χ1) is 7.78. The summed E-state index contributed by atoms with van der Waals surface area (Å²) in [4.78, 5) is 1.24. The number of nitrogen functional groups attached to an aromatic ring is 1. The number of thioether (sulfide) groups is 1. The normalized spacial score (nSPS) is 10.3. The first kappa shape index (κ1) is 11.2. The van der Waals surface area contributed by atoms with Gasteiger partial charge < -0.3 is 10.5 Å². The largest absolute Gasteiger partial charge is 0.464 e. The second kappa shape index (κ2) is 5.18. The summed E-state index contributed by atoms with van der Waals surface area (Å²) in [6.07, 6.45) is 2.05. The van der Waals surface area contributed by atoms with Crippen molar-refractivity contribution in [2.24, 2.45) is 0 Å². The van der Waals surface area contributed by atoms with Gasteiger partial charge in [-0.2, -0.15) is 0 Å². The van der Waals surface area contributed by atoms with Gasteiger partial charge in [0.25, 0.3) is 5.19 Å². The van der Waals surface area contributed by atoms with Crippen molar-refractivity contribution in [3.05, 3.63) is 29.8 Å². The van der Waals surface area contributed by atoms with Crippen LogP contribution in [0.25, 0.3) is 0 Å². The Bertz CT molecular complexity index is 455. The Balaban J connectivity index is 1.94. The van der Waals surface area contributed by atoms with E-state index < -0.39 is 0 Å². The molecule has 1 heterocycles. The average Bonchev–Trinajstić information content (AvgIpc) is 2.73. The lowest BCUT2D eigenvalue weighted by Gasteiger charge is -2.02. The molecular formula is C10H11N3OS2. The van der Waals surface area contributed by atoms with Crippen LogP contribution in [0.3, 0.4) is 0 Å². The maximum atomic E-state index is 5.45. The highest BCUT2D eigenvalue weighted by Crippen LogP contribution is 2.21. The van der Waals surface area contributed by atoms with Crippen LogP contribution in [-0.2, 0) is 6.61 Å². The molecule has 0 amide bonds. The first-order valence-corrected chi connectivity index (χ1v) is 6.67. The molecule has 84 valence electrons. The fraction of sp³-hybridized carbons (Fsp3) is 0.200. The van der Waals surface area contributed by atoms with Gasteiger partial charge in [-0.3, -0.25) is 0 Å². The molecule has 0 radical (unpaired) electrons. The molecule has 2 aromatic rings. The fourth-order valence-corrected chi connectivity index (χ4v) is 2.01. The van der Waals surface area contributed by atoms with Crippen LogP contribution in [0.1, 0.15) is 5.56 Å². The van der Waals surface area contributed by atoms with Gasteiger partial charge in [0.05, 0.1) is 0 Å². The molecule has 0 atom stereocenters. The van der Waals surface area contributed by atoms with E-state index in [2.05, 4.69) is 28.6 Å². The van der Waals surface area contributed by atoms with Crippen molar-refractivity contribution >= 4 is 28.2 Å². The highest BCUT2D eigenvalue weighted by atomic mass is 32.2. The minimum atomic E-state index is 0.424. The summed E-state index contributed by atoms with van der Waals surface area (Å²) in [5.74, 6) is 0. The minimum Gasteiger partial charge on any atom is -0.464 e. The van der Waals surface area contributed by atoms with Crippen LogP contribution in [0.4, 0.5) is 5.13 Å². The number of hydrogen-bond donors (Lipinski definition) is 1. The van der Waals surface area contributed by atoms with Crippen LogP contribution in [-0.4, -0.2) is 16.5 Å². The van der Waals surface area contributed by atoms with Crippen molar-refractivity contribution in [2.75, 3.05) is 12.0 Å². The molecular weight excluding hydrogens is 242 g/mol. The van der Waals surface area contributed by atoms with Gasteiger partial charge >= 0.3 is 0 Å². The van der Waals surface area contributed by atoms with Gasteiger partial charge in [-0.1, -0.05) is 17.2 Å². The van der Waals surface area contributed by atoms with Gasteiger partial charge in [-0.25, -0.2) is 0 Å². The smallest absolute Gasteiger partial charge is 0.296 e. The second-order valence-corrected chi connectivity index (χ2v) is 4.89. The zero-order valence-corrected chi connectivity index (χ0v) is 10.3. The predicted molar refractivity (Wildman–Crippen MR) is 66.9 cm³/mol. The third-order valence-corrected chi connectivity index (χ3v) is 3.35. The second-order valence-electron chi connectivity index (χ2n) is 3.04. The van der Waals surface area contributed by atoms with Crippen LogP contribution in [0.5, 0.6) is 5.19 Å². The lowest BCUT2D eigenvalue weighted by Crippen LogP contribution is -1.94. The Morgan fingerprint density at radius 2 is 2.06 bits per heavy atom.